The predicted molar refractivity (Wildman–Crippen MR) is 82.4 cm³/mol. The Morgan fingerprint density at radius 1 is 1.35 bits per heavy atom. The van der Waals surface area contributed by atoms with Crippen LogP contribution in [0.15, 0.2) is 24.3 Å². The Bertz CT molecular complexity index is 494. The lowest BCUT2D eigenvalue weighted by Crippen LogP contribution is -2.42. The number of amides is 1. The van der Waals surface area contributed by atoms with Crippen molar-refractivity contribution in [2.75, 3.05) is 6.54 Å². The van der Waals surface area contributed by atoms with Gasteiger partial charge in [0.05, 0.1) is 11.5 Å². The summed E-state index contributed by atoms with van der Waals surface area (Å²) in [5.74, 6) is 1.15. The monoisotopic (exact) mass is 274 g/mol. The van der Waals surface area contributed by atoms with Crippen LogP contribution in [0.4, 0.5) is 0 Å². The second kappa shape index (κ2) is 5.57. The molecule has 2 atom stereocenters. The number of hydrogen-bond acceptors (Lipinski definition) is 2. The van der Waals surface area contributed by atoms with Gasteiger partial charge in [-0.1, -0.05) is 38.1 Å². The third kappa shape index (κ3) is 2.73. The van der Waals surface area contributed by atoms with E-state index in [0.717, 1.165) is 6.42 Å². The zero-order valence-corrected chi connectivity index (χ0v) is 12.9. The van der Waals surface area contributed by atoms with Crippen LogP contribution in [0.3, 0.4) is 0 Å². The number of nitrogens with two attached hydrogens (primary N) is 1. The van der Waals surface area contributed by atoms with Crippen LogP contribution in [0.2, 0.25) is 0 Å². The highest BCUT2D eigenvalue weighted by Gasteiger charge is 2.35. The van der Waals surface area contributed by atoms with Crippen molar-refractivity contribution in [2.24, 2.45) is 17.1 Å². The second-order valence-electron chi connectivity index (χ2n) is 6.83. The molecular weight excluding hydrogens is 248 g/mol. The topological polar surface area (TPSA) is 55.1 Å². The largest absolute Gasteiger partial charge is 0.349 e. The van der Waals surface area contributed by atoms with Gasteiger partial charge in [-0.05, 0) is 43.2 Å². The van der Waals surface area contributed by atoms with Gasteiger partial charge in [0, 0.05) is 6.54 Å². The van der Waals surface area contributed by atoms with E-state index >= 15 is 0 Å². The fourth-order valence-corrected chi connectivity index (χ4v) is 2.89. The first-order valence-corrected chi connectivity index (χ1v) is 7.46. The quantitative estimate of drug-likeness (QED) is 0.887. The number of rotatable bonds is 4. The van der Waals surface area contributed by atoms with Crippen LogP contribution in [0.5, 0.6) is 0 Å². The average molecular weight is 274 g/mol. The zero-order chi connectivity index (χ0) is 14.9. The van der Waals surface area contributed by atoms with Gasteiger partial charge in [-0.2, -0.15) is 0 Å². The summed E-state index contributed by atoms with van der Waals surface area (Å²) in [4.78, 5) is 12.3. The molecular formula is C17H26N2O. The van der Waals surface area contributed by atoms with E-state index in [0.29, 0.717) is 18.4 Å². The van der Waals surface area contributed by atoms with E-state index in [1.807, 2.05) is 13.8 Å². The molecule has 1 aliphatic rings. The standard InChI is InChI=1S/C17H26N2O/c1-11(2)14-9-15(13-8-6-5-7-12(13)14)19-16(20)17(3,4)10-18/h5-8,11,14-15H,9-10,18H2,1-4H3,(H,19,20)/t14-,15-/m0/s1. The minimum Gasteiger partial charge on any atom is -0.349 e. The summed E-state index contributed by atoms with van der Waals surface area (Å²) in [6.45, 7) is 8.64. The Labute approximate surface area is 121 Å². The summed E-state index contributed by atoms with van der Waals surface area (Å²) in [5.41, 5.74) is 7.84. The van der Waals surface area contributed by atoms with Crippen LogP contribution < -0.4 is 11.1 Å². The molecule has 3 N–H and O–H groups in total. The molecule has 1 amide bonds. The van der Waals surface area contributed by atoms with Gasteiger partial charge in [0.25, 0.3) is 0 Å². The first-order valence-electron chi connectivity index (χ1n) is 7.46. The fraction of sp³-hybridized carbons (Fsp3) is 0.588. The molecule has 0 spiro atoms. The van der Waals surface area contributed by atoms with E-state index in [1.54, 1.807) is 0 Å². The molecule has 20 heavy (non-hydrogen) atoms. The van der Waals surface area contributed by atoms with Gasteiger partial charge in [-0.25, -0.2) is 0 Å². The maximum absolute atomic E-state index is 12.3. The van der Waals surface area contributed by atoms with Crippen LogP contribution in [0.25, 0.3) is 0 Å². The molecule has 3 nitrogen and oxygen atoms in total. The number of fused-ring (bicyclic) bond motifs is 1. The molecule has 1 aliphatic carbocycles. The highest BCUT2D eigenvalue weighted by atomic mass is 16.2. The van der Waals surface area contributed by atoms with E-state index < -0.39 is 5.41 Å². The SMILES string of the molecule is CC(C)[C@@H]1C[C@H](NC(=O)C(C)(C)CN)c2ccccc21. The molecule has 0 saturated carbocycles. The van der Waals surface area contributed by atoms with Crippen molar-refractivity contribution in [1.29, 1.82) is 0 Å². The molecule has 1 aromatic rings. The summed E-state index contributed by atoms with van der Waals surface area (Å²) >= 11 is 0. The number of carbonyl (C=O) groups excluding carboxylic acids is 1. The first kappa shape index (κ1) is 15.0. The summed E-state index contributed by atoms with van der Waals surface area (Å²) in [6, 6.07) is 8.59. The molecule has 0 unspecified atom stereocenters. The van der Waals surface area contributed by atoms with Crippen LogP contribution in [0, 0.1) is 11.3 Å². The smallest absolute Gasteiger partial charge is 0.227 e. The summed E-state index contributed by atoms with van der Waals surface area (Å²) in [6.07, 6.45) is 0.989. The van der Waals surface area contributed by atoms with E-state index in [4.69, 9.17) is 5.73 Å². The minimum absolute atomic E-state index is 0.0456. The van der Waals surface area contributed by atoms with Crippen LogP contribution in [-0.2, 0) is 4.79 Å². The average Bonchev–Trinajstić information content (AvgIpc) is 2.78. The lowest BCUT2D eigenvalue weighted by molar-refractivity contribution is -0.129. The highest BCUT2D eigenvalue weighted by molar-refractivity contribution is 5.82. The fourth-order valence-electron chi connectivity index (χ4n) is 2.89. The van der Waals surface area contributed by atoms with Gasteiger partial charge in [-0.3, -0.25) is 4.79 Å². The molecule has 2 rings (SSSR count). The van der Waals surface area contributed by atoms with E-state index in [-0.39, 0.29) is 11.9 Å². The van der Waals surface area contributed by atoms with Gasteiger partial charge in [0.2, 0.25) is 5.91 Å². The van der Waals surface area contributed by atoms with Crippen molar-refractivity contribution < 1.29 is 4.79 Å². The molecule has 110 valence electrons. The number of hydrogen-bond donors (Lipinski definition) is 2. The molecule has 3 heteroatoms. The number of carbonyl (C=O) groups is 1. The van der Waals surface area contributed by atoms with Gasteiger partial charge in [0.15, 0.2) is 0 Å². The molecule has 0 saturated heterocycles. The van der Waals surface area contributed by atoms with Crippen molar-refractivity contribution in [3.05, 3.63) is 35.4 Å². The van der Waals surface area contributed by atoms with Gasteiger partial charge >= 0.3 is 0 Å². The van der Waals surface area contributed by atoms with Crippen LogP contribution in [-0.4, -0.2) is 12.5 Å². The van der Waals surface area contributed by atoms with E-state index in [2.05, 4.69) is 43.4 Å². The first-order chi connectivity index (χ1) is 9.36. The Morgan fingerprint density at radius 3 is 2.50 bits per heavy atom. The highest BCUT2D eigenvalue weighted by Crippen LogP contribution is 2.44. The van der Waals surface area contributed by atoms with Gasteiger partial charge in [-0.15, -0.1) is 0 Å². The van der Waals surface area contributed by atoms with Crippen molar-refractivity contribution in [2.45, 2.75) is 46.1 Å². The minimum atomic E-state index is -0.509. The zero-order valence-electron chi connectivity index (χ0n) is 12.9. The van der Waals surface area contributed by atoms with Crippen LogP contribution in [0.1, 0.15) is 57.2 Å². The maximum atomic E-state index is 12.3. The normalized spacial score (nSPS) is 21.9. The van der Waals surface area contributed by atoms with Crippen LogP contribution >= 0.6 is 0 Å². The lowest BCUT2D eigenvalue weighted by Gasteiger charge is -2.25. The maximum Gasteiger partial charge on any atom is 0.227 e. The van der Waals surface area contributed by atoms with Crippen molar-refractivity contribution in [1.82, 2.24) is 5.32 Å². The van der Waals surface area contributed by atoms with E-state index in [9.17, 15) is 4.79 Å². The Kier molecular flexibility index (Phi) is 4.19. The Hall–Kier alpha value is -1.35. The molecule has 0 aromatic heterocycles. The molecule has 0 fully saturated rings. The summed E-state index contributed by atoms with van der Waals surface area (Å²) in [7, 11) is 0. The van der Waals surface area contributed by atoms with Crippen molar-refractivity contribution in [3.63, 3.8) is 0 Å². The molecule has 0 aliphatic heterocycles. The number of benzene rings is 1. The molecule has 0 radical (unpaired) electrons. The Balaban J connectivity index is 2.21. The molecule has 0 heterocycles. The molecule has 0 bridgehead atoms. The Morgan fingerprint density at radius 2 is 1.95 bits per heavy atom. The second-order valence-corrected chi connectivity index (χ2v) is 6.83. The van der Waals surface area contributed by atoms with Gasteiger partial charge in [0.1, 0.15) is 0 Å². The third-order valence-corrected chi connectivity index (χ3v) is 4.50. The molecule has 1 aromatic carbocycles. The third-order valence-electron chi connectivity index (χ3n) is 4.50. The summed E-state index contributed by atoms with van der Waals surface area (Å²) < 4.78 is 0. The predicted octanol–water partition coefficient (Wildman–Crippen LogP) is 2.97. The van der Waals surface area contributed by atoms with Gasteiger partial charge < -0.3 is 11.1 Å². The number of nitrogens with one attached hydrogen (secondary N) is 1. The van der Waals surface area contributed by atoms with E-state index in [1.165, 1.54) is 11.1 Å². The lowest BCUT2D eigenvalue weighted by atomic mass is 9.90. The van der Waals surface area contributed by atoms with Crippen molar-refractivity contribution >= 4 is 5.91 Å². The summed E-state index contributed by atoms with van der Waals surface area (Å²) in [5, 5.41) is 3.19. The van der Waals surface area contributed by atoms with Crippen molar-refractivity contribution in [3.8, 4) is 0 Å².